The van der Waals surface area contributed by atoms with E-state index >= 15 is 0 Å². The van der Waals surface area contributed by atoms with Crippen molar-refractivity contribution in [3.63, 3.8) is 0 Å². The largest absolute Gasteiger partial charge is 0.493 e. The molecule has 0 N–H and O–H groups in total. The third-order valence-corrected chi connectivity index (χ3v) is 6.48. The van der Waals surface area contributed by atoms with Crippen LogP contribution in [0.5, 0.6) is 23.0 Å². The molecule has 0 atom stereocenters. The molecule has 0 aliphatic heterocycles. The Balaban J connectivity index is 1.77. The van der Waals surface area contributed by atoms with Gasteiger partial charge in [0.15, 0.2) is 23.0 Å². The summed E-state index contributed by atoms with van der Waals surface area (Å²) in [6.45, 7) is 15.6. The average molecular weight is 519 g/mol. The maximum absolute atomic E-state index is 12.2. The lowest BCUT2D eigenvalue weighted by Crippen LogP contribution is -2.15. The summed E-state index contributed by atoms with van der Waals surface area (Å²) < 4.78 is 21.7. The predicted octanol–water partition coefficient (Wildman–Crippen LogP) is 6.58. The Morgan fingerprint density at radius 2 is 0.947 bits per heavy atom. The summed E-state index contributed by atoms with van der Waals surface area (Å²) in [7, 11) is 1.53. The Hall–Kier alpha value is -4.13. The number of carbonyl (C=O) groups excluding carboxylic acids is 3. The summed E-state index contributed by atoms with van der Waals surface area (Å²) >= 11 is 0. The van der Waals surface area contributed by atoms with E-state index in [1.807, 2.05) is 24.3 Å². The third-order valence-electron chi connectivity index (χ3n) is 6.48. The maximum Gasteiger partial charge on any atom is 0.338 e. The van der Waals surface area contributed by atoms with Crippen molar-refractivity contribution in [3.05, 3.63) is 84.0 Å². The van der Waals surface area contributed by atoms with E-state index in [4.69, 9.17) is 18.9 Å². The second kappa shape index (κ2) is 12.4. The molecule has 1 saturated carbocycles. The fraction of sp³-hybridized carbons (Fsp3) is 0.323. The molecule has 200 valence electrons. The van der Waals surface area contributed by atoms with Crippen LogP contribution in [0.25, 0.3) is 0 Å². The van der Waals surface area contributed by atoms with Crippen LogP contribution < -0.4 is 18.9 Å². The van der Waals surface area contributed by atoms with Crippen molar-refractivity contribution in [1.29, 1.82) is 0 Å². The molecule has 7 heteroatoms. The molecule has 7 nitrogen and oxygen atoms in total. The summed E-state index contributed by atoms with van der Waals surface area (Å²) in [6, 6.07) is 11.0. The predicted molar refractivity (Wildman–Crippen MR) is 145 cm³/mol. The van der Waals surface area contributed by atoms with Crippen LogP contribution in [0.1, 0.15) is 69.4 Å². The molecule has 0 saturated heterocycles. The molecule has 3 rings (SSSR count). The van der Waals surface area contributed by atoms with Gasteiger partial charge in [0.05, 0.1) is 7.11 Å². The van der Waals surface area contributed by atoms with Gasteiger partial charge in [-0.25, -0.2) is 14.4 Å². The van der Waals surface area contributed by atoms with Crippen LogP contribution in [0.2, 0.25) is 0 Å². The number of methoxy groups -OCH3 is 1. The van der Waals surface area contributed by atoms with Crippen LogP contribution >= 0.6 is 0 Å². The van der Waals surface area contributed by atoms with Crippen LogP contribution in [0.4, 0.5) is 0 Å². The number of hydrogen-bond donors (Lipinski definition) is 0. The second-order valence-corrected chi connectivity index (χ2v) is 9.67. The molecule has 0 aromatic heterocycles. The van der Waals surface area contributed by atoms with Gasteiger partial charge >= 0.3 is 17.9 Å². The van der Waals surface area contributed by atoms with Gasteiger partial charge < -0.3 is 18.9 Å². The van der Waals surface area contributed by atoms with Crippen molar-refractivity contribution in [1.82, 2.24) is 0 Å². The molecule has 0 bridgehead atoms. The molecule has 0 radical (unpaired) electrons. The normalized spacial score (nSPS) is 16.6. The Morgan fingerprint density at radius 3 is 1.32 bits per heavy atom. The zero-order valence-electron chi connectivity index (χ0n) is 22.4. The van der Waals surface area contributed by atoms with E-state index in [9.17, 15) is 14.4 Å². The number of benzene rings is 2. The molecule has 1 aliphatic carbocycles. The maximum atomic E-state index is 12.2. The first-order valence-corrected chi connectivity index (χ1v) is 12.4. The van der Waals surface area contributed by atoms with Gasteiger partial charge in [0, 0.05) is 16.7 Å². The lowest BCUT2D eigenvalue weighted by atomic mass is 9.76. The van der Waals surface area contributed by atoms with Gasteiger partial charge in [-0.2, -0.15) is 0 Å². The molecule has 1 aliphatic rings. The van der Waals surface area contributed by atoms with E-state index in [1.54, 1.807) is 32.9 Å². The van der Waals surface area contributed by atoms with Crippen molar-refractivity contribution in [2.45, 2.75) is 58.3 Å². The first-order chi connectivity index (χ1) is 18.0. The Labute approximate surface area is 223 Å². The molecule has 0 unspecified atom stereocenters. The van der Waals surface area contributed by atoms with E-state index in [0.29, 0.717) is 17.1 Å². The highest BCUT2D eigenvalue weighted by atomic mass is 16.6. The van der Waals surface area contributed by atoms with Gasteiger partial charge in [0.1, 0.15) is 0 Å². The van der Waals surface area contributed by atoms with Crippen molar-refractivity contribution < 1.29 is 33.3 Å². The van der Waals surface area contributed by atoms with E-state index < -0.39 is 17.9 Å². The highest BCUT2D eigenvalue weighted by Crippen LogP contribution is 2.44. The Morgan fingerprint density at radius 1 is 0.605 bits per heavy atom. The lowest BCUT2D eigenvalue weighted by Gasteiger charge is -2.29. The summed E-state index contributed by atoms with van der Waals surface area (Å²) in [5.41, 5.74) is 2.86. The van der Waals surface area contributed by atoms with Gasteiger partial charge in [-0.1, -0.05) is 31.9 Å². The van der Waals surface area contributed by atoms with Crippen molar-refractivity contribution in [2.75, 3.05) is 7.11 Å². The van der Waals surface area contributed by atoms with E-state index in [2.05, 4.69) is 19.7 Å². The smallest absolute Gasteiger partial charge is 0.338 e. The zero-order valence-corrected chi connectivity index (χ0v) is 22.4. The quantitative estimate of drug-likeness (QED) is 0.210. The fourth-order valence-electron chi connectivity index (χ4n) is 4.29. The number of carbonyl (C=O) groups is 3. The second-order valence-electron chi connectivity index (χ2n) is 9.67. The molecule has 0 spiro atoms. The molecular weight excluding hydrogens is 484 g/mol. The van der Waals surface area contributed by atoms with Crippen molar-refractivity contribution >= 4 is 17.9 Å². The van der Waals surface area contributed by atoms with Gasteiger partial charge in [-0.3, -0.25) is 0 Å². The zero-order chi connectivity index (χ0) is 28.0. The minimum atomic E-state index is -0.598. The molecule has 2 aromatic carbocycles. The summed E-state index contributed by atoms with van der Waals surface area (Å²) in [5.74, 6) is 0.0237. The van der Waals surface area contributed by atoms with Gasteiger partial charge in [0.25, 0.3) is 0 Å². The first-order valence-electron chi connectivity index (χ1n) is 12.4. The van der Waals surface area contributed by atoms with Crippen LogP contribution in [0.15, 0.2) is 72.9 Å². The summed E-state index contributed by atoms with van der Waals surface area (Å²) in [6.07, 6.45) is 3.63. The van der Waals surface area contributed by atoms with Crippen LogP contribution in [0.3, 0.4) is 0 Å². The van der Waals surface area contributed by atoms with Crippen LogP contribution in [0, 0.1) is 0 Å². The number of esters is 3. The fourth-order valence-corrected chi connectivity index (χ4v) is 4.29. The molecule has 38 heavy (non-hydrogen) atoms. The Kier molecular flexibility index (Phi) is 9.29. The van der Waals surface area contributed by atoms with Gasteiger partial charge in [0.2, 0.25) is 0 Å². The van der Waals surface area contributed by atoms with E-state index in [-0.39, 0.29) is 34.5 Å². The standard InChI is InChI=1S/C31H34O7/c1-18(2)29(32)36-26-15-13-24(17-28(26)38-31(34)20(5)6)22-10-8-21(9-11-22)23-12-14-25(35-7)27(16-23)37-30(33)19(3)4/h12-17,21-22H,1,3,5,8-11H2,2,4,6-7H3. The van der Waals surface area contributed by atoms with Crippen LogP contribution in [-0.4, -0.2) is 25.0 Å². The minimum Gasteiger partial charge on any atom is -0.493 e. The minimum absolute atomic E-state index is 0.153. The van der Waals surface area contributed by atoms with E-state index in [1.165, 1.54) is 7.11 Å². The van der Waals surface area contributed by atoms with Crippen molar-refractivity contribution in [2.24, 2.45) is 0 Å². The topological polar surface area (TPSA) is 88.1 Å². The van der Waals surface area contributed by atoms with Gasteiger partial charge in [-0.05, 0) is 93.7 Å². The van der Waals surface area contributed by atoms with E-state index in [0.717, 1.165) is 36.8 Å². The molecule has 0 amide bonds. The monoisotopic (exact) mass is 518 g/mol. The molecule has 2 aromatic rings. The highest BCUT2D eigenvalue weighted by Gasteiger charge is 2.26. The third kappa shape index (κ3) is 7.00. The van der Waals surface area contributed by atoms with Crippen molar-refractivity contribution in [3.8, 4) is 23.0 Å². The number of hydrogen-bond acceptors (Lipinski definition) is 7. The highest BCUT2D eigenvalue weighted by molar-refractivity contribution is 5.91. The first kappa shape index (κ1) is 28.4. The van der Waals surface area contributed by atoms with Crippen LogP contribution in [-0.2, 0) is 14.4 Å². The molecular formula is C31H34O7. The van der Waals surface area contributed by atoms with Gasteiger partial charge in [-0.15, -0.1) is 0 Å². The average Bonchev–Trinajstić information content (AvgIpc) is 2.89. The summed E-state index contributed by atoms with van der Waals surface area (Å²) in [5, 5.41) is 0. The lowest BCUT2D eigenvalue weighted by molar-refractivity contribution is -0.132. The molecule has 1 fully saturated rings. The SMILES string of the molecule is C=C(C)C(=O)Oc1cc(C2CCC(c3ccc(OC(=O)C(=C)C)c(OC(=O)C(=C)C)c3)CC2)ccc1OC. The summed E-state index contributed by atoms with van der Waals surface area (Å²) in [4.78, 5) is 36.4. The molecule has 0 heterocycles. The Bertz CT molecular complexity index is 1280. The number of ether oxygens (including phenoxy) is 4. The number of rotatable bonds is 9.